The number of aromatic amines is 1. The van der Waals surface area contributed by atoms with Crippen molar-refractivity contribution in [1.29, 1.82) is 0 Å². The molecule has 0 spiro atoms. The number of aromatic nitrogens is 5. The summed E-state index contributed by atoms with van der Waals surface area (Å²) in [6, 6.07) is 6.70. The van der Waals surface area contributed by atoms with E-state index in [-0.39, 0.29) is 0 Å². The minimum absolute atomic E-state index is 0.664. The van der Waals surface area contributed by atoms with Gasteiger partial charge in [-0.3, -0.25) is 0 Å². The normalized spacial score (nSPS) is 16.3. The van der Waals surface area contributed by atoms with Gasteiger partial charge in [-0.1, -0.05) is 6.07 Å². The van der Waals surface area contributed by atoms with E-state index in [0.717, 1.165) is 31.8 Å². The maximum Gasteiger partial charge on any atom is 0.151 e. The van der Waals surface area contributed by atoms with E-state index in [2.05, 4.69) is 56.9 Å². The van der Waals surface area contributed by atoms with Crippen LogP contribution in [0.25, 0.3) is 10.9 Å². The molecule has 0 saturated carbocycles. The Hall–Kier alpha value is -2.21. The molecule has 3 heterocycles. The van der Waals surface area contributed by atoms with Crippen LogP contribution in [-0.2, 0) is 19.9 Å². The molecular weight excluding hydrogens is 276 g/mol. The number of aryl methyl sites for hydroxylation is 3. The molecule has 6 heteroatoms. The van der Waals surface area contributed by atoms with E-state index in [9.17, 15) is 0 Å². The van der Waals surface area contributed by atoms with E-state index < -0.39 is 0 Å². The van der Waals surface area contributed by atoms with Crippen LogP contribution >= 0.6 is 0 Å². The van der Waals surface area contributed by atoms with E-state index in [0.29, 0.717) is 5.92 Å². The average molecular weight is 296 g/mol. The first-order valence-electron chi connectivity index (χ1n) is 7.70. The highest BCUT2D eigenvalue weighted by atomic mass is 15.5. The van der Waals surface area contributed by atoms with Crippen molar-refractivity contribution < 1.29 is 0 Å². The summed E-state index contributed by atoms with van der Waals surface area (Å²) in [6.45, 7) is 2.31. The Morgan fingerprint density at radius 3 is 2.82 bits per heavy atom. The molecule has 4 rings (SSSR count). The van der Waals surface area contributed by atoms with Gasteiger partial charge < -0.3 is 9.88 Å². The zero-order valence-corrected chi connectivity index (χ0v) is 13.0. The first-order valence-corrected chi connectivity index (χ1v) is 7.70. The Balaban J connectivity index is 1.57. The number of hydrogen-bond acceptors (Lipinski definition) is 4. The Bertz CT molecular complexity index is 796. The average Bonchev–Trinajstić information content (AvgIpc) is 3.07. The van der Waals surface area contributed by atoms with Crippen LogP contribution in [0.1, 0.15) is 22.9 Å². The van der Waals surface area contributed by atoms with Gasteiger partial charge in [0.15, 0.2) is 5.82 Å². The van der Waals surface area contributed by atoms with Crippen molar-refractivity contribution in [1.82, 2.24) is 30.1 Å². The zero-order valence-electron chi connectivity index (χ0n) is 13.0. The lowest BCUT2D eigenvalue weighted by molar-refractivity contribution is 0.190. The van der Waals surface area contributed by atoms with Crippen molar-refractivity contribution in [2.45, 2.75) is 18.8 Å². The van der Waals surface area contributed by atoms with Gasteiger partial charge in [0.2, 0.25) is 0 Å². The third-order valence-corrected chi connectivity index (χ3v) is 4.63. The predicted molar refractivity (Wildman–Crippen MR) is 84.7 cm³/mol. The second-order valence-electron chi connectivity index (χ2n) is 6.26. The first-order chi connectivity index (χ1) is 10.7. The molecule has 0 amide bonds. The molecule has 1 saturated heterocycles. The number of likely N-dealkylation sites (tertiary alicyclic amines) is 1. The topological polar surface area (TPSA) is 62.6 Å². The summed E-state index contributed by atoms with van der Waals surface area (Å²) in [5.41, 5.74) is 4.02. The minimum atomic E-state index is 0.664. The summed E-state index contributed by atoms with van der Waals surface area (Å²) in [5.74, 6) is 1.59. The van der Waals surface area contributed by atoms with Gasteiger partial charge in [0.1, 0.15) is 0 Å². The van der Waals surface area contributed by atoms with Gasteiger partial charge in [-0.25, -0.2) is 4.68 Å². The molecule has 1 fully saturated rings. The zero-order chi connectivity index (χ0) is 15.1. The first kappa shape index (κ1) is 13.5. The van der Waals surface area contributed by atoms with Crippen molar-refractivity contribution in [3.63, 3.8) is 0 Å². The van der Waals surface area contributed by atoms with E-state index in [1.807, 2.05) is 7.05 Å². The summed E-state index contributed by atoms with van der Waals surface area (Å²) in [4.78, 5) is 5.76. The number of benzene rings is 1. The molecule has 0 atom stereocenters. The Labute approximate surface area is 129 Å². The molecule has 6 nitrogen and oxygen atoms in total. The summed E-state index contributed by atoms with van der Waals surface area (Å²) in [5, 5.41) is 13.0. The van der Waals surface area contributed by atoms with Crippen LogP contribution < -0.4 is 0 Å². The van der Waals surface area contributed by atoms with Crippen LogP contribution in [-0.4, -0.2) is 50.2 Å². The molecule has 0 unspecified atom stereocenters. The molecule has 22 heavy (non-hydrogen) atoms. The summed E-state index contributed by atoms with van der Waals surface area (Å²) >= 11 is 0. The van der Waals surface area contributed by atoms with Crippen molar-refractivity contribution in [3.8, 4) is 0 Å². The molecule has 1 aliphatic rings. The lowest BCUT2D eigenvalue weighted by Gasteiger charge is -2.36. The summed E-state index contributed by atoms with van der Waals surface area (Å²) in [6.07, 6.45) is 4.00. The molecule has 2 aromatic heterocycles. The van der Waals surface area contributed by atoms with E-state index in [1.165, 1.54) is 22.0 Å². The van der Waals surface area contributed by atoms with E-state index in [1.54, 1.807) is 4.68 Å². The lowest BCUT2D eigenvalue weighted by Crippen LogP contribution is -2.41. The van der Waals surface area contributed by atoms with Gasteiger partial charge in [-0.05, 0) is 47.2 Å². The van der Waals surface area contributed by atoms with Crippen LogP contribution in [0.5, 0.6) is 0 Å². The van der Waals surface area contributed by atoms with Crippen molar-refractivity contribution >= 4 is 10.9 Å². The largest absolute Gasteiger partial charge is 0.361 e. The van der Waals surface area contributed by atoms with Gasteiger partial charge in [-0.15, -0.1) is 5.10 Å². The molecule has 1 aromatic carbocycles. The van der Waals surface area contributed by atoms with E-state index in [4.69, 9.17) is 0 Å². The smallest absolute Gasteiger partial charge is 0.151 e. The fraction of sp³-hybridized carbons (Fsp3) is 0.438. The van der Waals surface area contributed by atoms with Crippen LogP contribution in [0.3, 0.4) is 0 Å². The van der Waals surface area contributed by atoms with Crippen molar-refractivity contribution in [2.24, 2.45) is 7.05 Å². The highest BCUT2D eigenvalue weighted by Crippen LogP contribution is 2.32. The van der Waals surface area contributed by atoms with Gasteiger partial charge in [0.25, 0.3) is 0 Å². The van der Waals surface area contributed by atoms with Gasteiger partial charge in [-0.2, -0.15) is 0 Å². The summed E-state index contributed by atoms with van der Waals surface area (Å²) in [7, 11) is 4.06. The van der Waals surface area contributed by atoms with Crippen LogP contribution in [0.2, 0.25) is 0 Å². The Morgan fingerprint density at radius 2 is 2.09 bits per heavy atom. The SMILES string of the molecule is CN1CC(c2c[nH]c3ccc(CCc4nnnn4C)cc23)C1. The number of rotatable bonds is 4. The monoisotopic (exact) mass is 296 g/mol. The second kappa shape index (κ2) is 5.21. The molecule has 0 bridgehead atoms. The fourth-order valence-corrected chi connectivity index (χ4v) is 3.29. The van der Waals surface area contributed by atoms with Crippen LogP contribution in [0, 0.1) is 0 Å². The van der Waals surface area contributed by atoms with E-state index >= 15 is 0 Å². The molecule has 0 radical (unpaired) electrons. The van der Waals surface area contributed by atoms with Crippen molar-refractivity contribution in [2.75, 3.05) is 20.1 Å². The third kappa shape index (κ3) is 2.29. The fourth-order valence-electron chi connectivity index (χ4n) is 3.29. The second-order valence-corrected chi connectivity index (χ2v) is 6.26. The number of H-pyrrole nitrogens is 1. The minimum Gasteiger partial charge on any atom is -0.361 e. The quantitative estimate of drug-likeness (QED) is 0.792. The highest BCUT2D eigenvalue weighted by Gasteiger charge is 2.26. The molecule has 1 aliphatic heterocycles. The number of tetrazole rings is 1. The Morgan fingerprint density at radius 1 is 1.23 bits per heavy atom. The third-order valence-electron chi connectivity index (χ3n) is 4.63. The number of hydrogen-bond donors (Lipinski definition) is 1. The number of likely N-dealkylation sites (N-methyl/N-ethyl adjacent to an activating group) is 1. The van der Waals surface area contributed by atoms with Gasteiger partial charge in [0, 0.05) is 49.6 Å². The van der Waals surface area contributed by atoms with Gasteiger partial charge in [0.05, 0.1) is 0 Å². The molecule has 1 N–H and O–H groups in total. The lowest BCUT2D eigenvalue weighted by atomic mass is 9.91. The molecule has 114 valence electrons. The molecular formula is C16H20N6. The Kier molecular flexibility index (Phi) is 3.18. The maximum absolute atomic E-state index is 4.05. The highest BCUT2D eigenvalue weighted by molar-refractivity contribution is 5.84. The number of nitrogens with zero attached hydrogens (tertiary/aromatic N) is 5. The number of fused-ring (bicyclic) bond motifs is 1. The van der Waals surface area contributed by atoms with Gasteiger partial charge >= 0.3 is 0 Å². The van der Waals surface area contributed by atoms with Crippen LogP contribution in [0.4, 0.5) is 0 Å². The predicted octanol–water partition coefficient (Wildman–Crippen LogP) is 1.51. The maximum atomic E-state index is 4.05. The molecule has 0 aliphatic carbocycles. The standard InChI is InChI=1S/C16H20N6/c1-21-9-12(10-21)14-8-17-15-5-3-11(7-13(14)15)4-6-16-18-19-20-22(16)2/h3,5,7-8,12,17H,4,6,9-10H2,1-2H3. The number of nitrogens with one attached hydrogen (secondary N) is 1. The summed E-state index contributed by atoms with van der Waals surface area (Å²) < 4.78 is 1.74. The molecule has 3 aromatic rings. The van der Waals surface area contributed by atoms with Crippen LogP contribution in [0.15, 0.2) is 24.4 Å². The van der Waals surface area contributed by atoms with Crippen molar-refractivity contribution in [3.05, 3.63) is 41.3 Å².